The number of hydrogen-bond donors (Lipinski definition) is 2. The van der Waals surface area contributed by atoms with Crippen LogP contribution in [0.1, 0.15) is 19.8 Å². The lowest BCUT2D eigenvalue weighted by atomic mass is 10.3. The Kier molecular flexibility index (Phi) is 2.70. The predicted octanol–water partition coefficient (Wildman–Crippen LogP) is 0.213. The van der Waals surface area contributed by atoms with E-state index in [0.717, 1.165) is 26.1 Å². The molecule has 0 saturated carbocycles. The molecule has 0 aromatic carbocycles. The highest BCUT2D eigenvalue weighted by molar-refractivity contribution is 5.78. The molecule has 1 rings (SSSR count). The van der Waals surface area contributed by atoms with Crippen LogP contribution in [-0.4, -0.2) is 35.5 Å². The number of hydrazine groups is 1. The SMILES string of the molecule is CCCCN1CCN(N)C1=N. The highest BCUT2D eigenvalue weighted by atomic mass is 15.5. The summed E-state index contributed by atoms with van der Waals surface area (Å²) in [5.74, 6) is 5.98. The molecule has 4 nitrogen and oxygen atoms in total. The molecule has 0 unspecified atom stereocenters. The van der Waals surface area contributed by atoms with Crippen molar-refractivity contribution in [1.82, 2.24) is 9.91 Å². The first kappa shape index (κ1) is 8.33. The number of nitrogens with zero attached hydrogens (tertiary/aromatic N) is 2. The molecule has 1 saturated heterocycles. The first-order valence-electron chi connectivity index (χ1n) is 4.11. The van der Waals surface area contributed by atoms with E-state index in [-0.39, 0.29) is 0 Å². The second-order valence-electron chi connectivity index (χ2n) is 2.86. The van der Waals surface area contributed by atoms with Gasteiger partial charge >= 0.3 is 0 Å². The van der Waals surface area contributed by atoms with Crippen LogP contribution in [0.5, 0.6) is 0 Å². The van der Waals surface area contributed by atoms with Crippen molar-refractivity contribution in [3.05, 3.63) is 0 Å². The van der Waals surface area contributed by atoms with Crippen molar-refractivity contribution in [2.75, 3.05) is 19.6 Å². The van der Waals surface area contributed by atoms with E-state index in [9.17, 15) is 0 Å². The lowest BCUT2D eigenvalue weighted by Crippen LogP contribution is -2.37. The molecule has 0 aromatic rings. The predicted molar refractivity (Wildman–Crippen MR) is 45.1 cm³/mol. The van der Waals surface area contributed by atoms with Crippen LogP contribution in [0.4, 0.5) is 0 Å². The third kappa shape index (κ3) is 1.83. The van der Waals surface area contributed by atoms with Crippen molar-refractivity contribution >= 4 is 5.96 Å². The molecule has 4 heteroatoms. The van der Waals surface area contributed by atoms with Crippen LogP contribution in [-0.2, 0) is 0 Å². The van der Waals surface area contributed by atoms with E-state index in [4.69, 9.17) is 11.3 Å². The molecule has 0 amide bonds. The molecule has 0 spiro atoms. The summed E-state index contributed by atoms with van der Waals surface area (Å²) in [5.41, 5.74) is 0. The summed E-state index contributed by atoms with van der Waals surface area (Å²) in [6.07, 6.45) is 2.32. The maximum absolute atomic E-state index is 7.52. The summed E-state index contributed by atoms with van der Waals surface area (Å²) in [6.45, 7) is 4.83. The van der Waals surface area contributed by atoms with Crippen molar-refractivity contribution in [1.29, 1.82) is 5.41 Å². The smallest absolute Gasteiger partial charge is 0.208 e. The largest absolute Gasteiger partial charge is 0.340 e. The van der Waals surface area contributed by atoms with Crippen LogP contribution in [0.2, 0.25) is 0 Å². The topological polar surface area (TPSA) is 56.4 Å². The van der Waals surface area contributed by atoms with Gasteiger partial charge in [-0.25, -0.2) is 5.84 Å². The Morgan fingerprint density at radius 1 is 1.55 bits per heavy atom. The molecular weight excluding hydrogens is 140 g/mol. The van der Waals surface area contributed by atoms with E-state index in [1.165, 1.54) is 11.4 Å². The number of nitrogens with one attached hydrogen (secondary N) is 1. The maximum Gasteiger partial charge on any atom is 0.208 e. The van der Waals surface area contributed by atoms with Gasteiger partial charge < -0.3 is 4.90 Å². The van der Waals surface area contributed by atoms with Gasteiger partial charge in [-0.15, -0.1) is 0 Å². The number of rotatable bonds is 3. The fourth-order valence-electron chi connectivity index (χ4n) is 1.19. The zero-order chi connectivity index (χ0) is 8.27. The monoisotopic (exact) mass is 156 g/mol. The molecule has 0 atom stereocenters. The molecule has 0 bridgehead atoms. The average molecular weight is 156 g/mol. The Hall–Kier alpha value is -0.770. The first-order chi connectivity index (χ1) is 5.25. The van der Waals surface area contributed by atoms with Crippen molar-refractivity contribution in [2.24, 2.45) is 5.84 Å². The Bertz CT molecular complexity index is 145. The van der Waals surface area contributed by atoms with E-state index >= 15 is 0 Å². The third-order valence-electron chi connectivity index (χ3n) is 1.96. The van der Waals surface area contributed by atoms with Crippen LogP contribution in [0.3, 0.4) is 0 Å². The van der Waals surface area contributed by atoms with Gasteiger partial charge in [0.25, 0.3) is 0 Å². The van der Waals surface area contributed by atoms with Crippen molar-refractivity contribution in [3.8, 4) is 0 Å². The van der Waals surface area contributed by atoms with Gasteiger partial charge in [-0.2, -0.15) is 0 Å². The molecule has 64 valence electrons. The second kappa shape index (κ2) is 3.57. The lowest BCUT2D eigenvalue weighted by Gasteiger charge is -2.17. The van der Waals surface area contributed by atoms with Gasteiger partial charge in [-0.05, 0) is 6.42 Å². The third-order valence-corrected chi connectivity index (χ3v) is 1.96. The summed E-state index contributed by atoms with van der Waals surface area (Å²) in [6, 6.07) is 0. The number of unbranched alkanes of at least 4 members (excludes halogenated alkanes) is 1. The van der Waals surface area contributed by atoms with Gasteiger partial charge in [0.05, 0.1) is 6.54 Å². The van der Waals surface area contributed by atoms with E-state index in [0.29, 0.717) is 5.96 Å². The summed E-state index contributed by atoms with van der Waals surface area (Å²) in [4.78, 5) is 2.02. The lowest BCUT2D eigenvalue weighted by molar-refractivity contribution is 0.445. The van der Waals surface area contributed by atoms with Crippen LogP contribution in [0.25, 0.3) is 0 Å². The van der Waals surface area contributed by atoms with Crippen LogP contribution >= 0.6 is 0 Å². The van der Waals surface area contributed by atoms with Crippen LogP contribution < -0.4 is 5.84 Å². The van der Waals surface area contributed by atoms with Gasteiger partial charge in [0.2, 0.25) is 5.96 Å². The molecule has 1 fully saturated rings. The number of nitrogens with two attached hydrogens (primary N) is 1. The molecule has 0 radical (unpaired) electrons. The van der Waals surface area contributed by atoms with E-state index in [1.54, 1.807) is 0 Å². The number of guanidine groups is 1. The fraction of sp³-hybridized carbons (Fsp3) is 0.857. The molecule has 3 N–H and O–H groups in total. The van der Waals surface area contributed by atoms with Gasteiger partial charge in [0, 0.05) is 13.1 Å². The van der Waals surface area contributed by atoms with E-state index in [1.807, 2.05) is 4.90 Å². The van der Waals surface area contributed by atoms with Gasteiger partial charge in [-0.1, -0.05) is 13.3 Å². The highest BCUT2D eigenvalue weighted by Crippen LogP contribution is 2.03. The average Bonchev–Trinajstić information content (AvgIpc) is 2.31. The fourth-order valence-corrected chi connectivity index (χ4v) is 1.19. The summed E-state index contributed by atoms with van der Waals surface area (Å²) >= 11 is 0. The molecular formula is C7H16N4. The summed E-state index contributed by atoms with van der Waals surface area (Å²) in [7, 11) is 0. The van der Waals surface area contributed by atoms with Gasteiger partial charge in [0.1, 0.15) is 0 Å². The quantitative estimate of drug-likeness (QED) is 0.574. The molecule has 1 heterocycles. The van der Waals surface area contributed by atoms with Gasteiger partial charge in [-0.3, -0.25) is 10.4 Å². The molecule has 1 aliphatic heterocycles. The summed E-state index contributed by atoms with van der Waals surface area (Å²) < 4.78 is 0. The molecule has 0 aromatic heterocycles. The van der Waals surface area contributed by atoms with Gasteiger partial charge in [0.15, 0.2) is 0 Å². The molecule has 11 heavy (non-hydrogen) atoms. The molecule has 1 aliphatic rings. The van der Waals surface area contributed by atoms with E-state index < -0.39 is 0 Å². The maximum atomic E-state index is 7.52. The minimum atomic E-state index is 0.471. The zero-order valence-corrected chi connectivity index (χ0v) is 7.01. The van der Waals surface area contributed by atoms with Crippen LogP contribution in [0.15, 0.2) is 0 Å². The van der Waals surface area contributed by atoms with Crippen molar-refractivity contribution < 1.29 is 0 Å². The standard InChI is InChI=1S/C7H16N4/c1-2-3-4-10-5-6-11(9)7(10)8/h8H,2-6,9H2,1H3. The van der Waals surface area contributed by atoms with Crippen LogP contribution in [0, 0.1) is 5.41 Å². The number of hydrogen-bond acceptors (Lipinski definition) is 2. The Balaban J connectivity index is 2.30. The Labute approximate surface area is 67.4 Å². The zero-order valence-electron chi connectivity index (χ0n) is 7.01. The van der Waals surface area contributed by atoms with E-state index in [2.05, 4.69) is 6.92 Å². The van der Waals surface area contributed by atoms with Crippen molar-refractivity contribution in [3.63, 3.8) is 0 Å². The minimum absolute atomic E-state index is 0.471. The Morgan fingerprint density at radius 2 is 2.27 bits per heavy atom. The first-order valence-corrected chi connectivity index (χ1v) is 4.11. The molecule has 0 aliphatic carbocycles. The Morgan fingerprint density at radius 3 is 2.73 bits per heavy atom. The summed E-state index contributed by atoms with van der Waals surface area (Å²) in [5, 5.41) is 9.01. The normalized spacial score (nSPS) is 18.2. The minimum Gasteiger partial charge on any atom is -0.340 e. The highest BCUT2D eigenvalue weighted by Gasteiger charge is 2.20. The second-order valence-corrected chi connectivity index (χ2v) is 2.86. The van der Waals surface area contributed by atoms with Crippen molar-refractivity contribution in [2.45, 2.75) is 19.8 Å².